The Morgan fingerprint density at radius 2 is 2.00 bits per heavy atom. The summed E-state index contributed by atoms with van der Waals surface area (Å²) in [7, 11) is 0. The second-order valence-corrected chi connectivity index (χ2v) is 2.81. The van der Waals surface area contributed by atoms with Gasteiger partial charge in [-0.3, -0.25) is 19.3 Å². The topological polar surface area (TPSA) is 110 Å². The monoisotopic (exact) mass is 202 g/mol. The Labute approximate surface area is 79.4 Å². The quantitative estimate of drug-likeness (QED) is 0.481. The van der Waals surface area contributed by atoms with E-state index in [2.05, 4.69) is 4.74 Å². The zero-order valence-corrected chi connectivity index (χ0v) is 7.30. The average molecular weight is 202 g/mol. The molecule has 1 aliphatic rings. The van der Waals surface area contributed by atoms with Crippen LogP contribution in [0.3, 0.4) is 0 Å². The summed E-state index contributed by atoms with van der Waals surface area (Å²) in [6, 6.07) is 0. The Hall–Kier alpha value is -1.47. The first-order valence-electron chi connectivity index (χ1n) is 3.90. The highest BCUT2D eigenvalue weighted by molar-refractivity contribution is 5.98. The minimum absolute atomic E-state index is 0.225. The van der Waals surface area contributed by atoms with Crippen molar-refractivity contribution in [1.29, 1.82) is 0 Å². The molecule has 0 saturated carbocycles. The summed E-state index contributed by atoms with van der Waals surface area (Å²) in [5, 5.41) is 9.05. The van der Waals surface area contributed by atoms with Gasteiger partial charge in [-0.15, -0.1) is 0 Å². The first-order valence-corrected chi connectivity index (χ1v) is 3.90. The van der Waals surface area contributed by atoms with Gasteiger partial charge in [0.05, 0.1) is 6.54 Å². The summed E-state index contributed by atoms with van der Waals surface area (Å²) in [4.78, 5) is 33.4. The number of imide groups is 1. The Balaban J connectivity index is 2.61. The van der Waals surface area contributed by atoms with Gasteiger partial charge in [-0.25, -0.2) is 0 Å². The van der Waals surface area contributed by atoms with Crippen molar-refractivity contribution in [3.63, 3.8) is 0 Å². The van der Waals surface area contributed by atoms with Gasteiger partial charge in [0, 0.05) is 0 Å². The minimum Gasteiger partial charge on any atom is -0.381 e. The second-order valence-electron chi connectivity index (χ2n) is 2.81. The molecule has 0 aromatic heterocycles. The number of rotatable bonds is 3. The number of aliphatic hydroxyl groups excluding tert-OH is 1. The van der Waals surface area contributed by atoms with Crippen molar-refractivity contribution in [2.24, 2.45) is 5.73 Å². The van der Waals surface area contributed by atoms with E-state index in [0.29, 0.717) is 0 Å². The molecule has 3 amide bonds. The summed E-state index contributed by atoms with van der Waals surface area (Å²) in [6.45, 7) is -0.856. The van der Waals surface area contributed by atoms with E-state index in [4.69, 9.17) is 10.8 Å². The number of aliphatic hydroxyl groups is 1. The number of carbonyl (C=O) groups excluding carboxylic acids is 3. The molecule has 7 nitrogen and oxygen atoms in total. The SMILES string of the molecule is NC(=O)C(O)CN1C(=O)COCC1=O. The molecule has 7 heteroatoms. The van der Waals surface area contributed by atoms with Crippen LogP contribution in [-0.2, 0) is 19.1 Å². The van der Waals surface area contributed by atoms with E-state index in [9.17, 15) is 14.4 Å². The zero-order valence-electron chi connectivity index (χ0n) is 7.30. The molecule has 0 radical (unpaired) electrons. The van der Waals surface area contributed by atoms with Crippen LogP contribution in [-0.4, -0.2) is 53.6 Å². The normalized spacial score (nSPS) is 19.6. The van der Waals surface area contributed by atoms with Crippen LogP contribution in [0.25, 0.3) is 0 Å². The average Bonchev–Trinajstić information content (AvgIpc) is 2.11. The highest BCUT2D eigenvalue weighted by Gasteiger charge is 2.29. The predicted molar refractivity (Wildman–Crippen MR) is 42.7 cm³/mol. The largest absolute Gasteiger partial charge is 0.381 e. The van der Waals surface area contributed by atoms with Crippen LogP contribution in [0.2, 0.25) is 0 Å². The summed E-state index contributed by atoms with van der Waals surface area (Å²) in [5.74, 6) is -2.14. The molecule has 14 heavy (non-hydrogen) atoms. The molecule has 0 spiro atoms. The molecule has 1 unspecified atom stereocenters. The first kappa shape index (κ1) is 10.6. The molecule has 1 rings (SSSR count). The lowest BCUT2D eigenvalue weighted by Gasteiger charge is -2.25. The van der Waals surface area contributed by atoms with Gasteiger partial charge in [-0.2, -0.15) is 0 Å². The number of ether oxygens (including phenoxy) is 1. The standard InChI is InChI=1S/C7H10N2O5/c8-7(13)4(10)1-9-5(11)2-14-3-6(9)12/h4,10H,1-3H2,(H2,8,13). The van der Waals surface area contributed by atoms with Crippen LogP contribution in [0.5, 0.6) is 0 Å². The minimum atomic E-state index is -1.53. The fourth-order valence-electron chi connectivity index (χ4n) is 0.987. The maximum atomic E-state index is 11.1. The third-order valence-electron chi connectivity index (χ3n) is 1.74. The van der Waals surface area contributed by atoms with Crippen molar-refractivity contribution >= 4 is 17.7 Å². The molecular weight excluding hydrogens is 192 g/mol. The zero-order chi connectivity index (χ0) is 10.7. The number of nitrogens with two attached hydrogens (primary N) is 1. The molecule has 1 heterocycles. The second kappa shape index (κ2) is 4.16. The van der Waals surface area contributed by atoms with Crippen molar-refractivity contribution < 1.29 is 24.2 Å². The molecule has 0 aliphatic carbocycles. The first-order chi connectivity index (χ1) is 6.52. The van der Waals surface area contributed by atoms with Gasteiger partial charge in [0.25, 0.3) is 11.8 Å². The van der Waals surface area contributed by atoms with Crippen molar-refractivity contribution in [2.45, 2.75) is 6.10 Å². The third-order valence-corrected chi connectivity index (χ3v) is 1.74. The van der Waals surface area contributed by atoms with E-state index in [1.165, 1.54) is 0 Å². The Morgan fingerprint density at radius 3 is 2.43 bits per heavy atom. The molecule has 1 aliphatic heterocycles. The fourth-order valence-corrected chi connectivity index (χ4v) is 0.987. The van der Waals surface area contributed by atoms with E-state index in [0.717, 1.165) is 4.90 Å². The van der Waals surface area contributed by atoms with Crippen molar-refractivity contribution in [1.82, 2.24) is 4.90 Å². The van der Waals surface area contributed by atoms with Gasteiger partial charge < -0.3 is 15.6 Å². The Morgan fingerprint density at radius 1 is 1.50 bits per heavy atom. The molecule has 1 fully saturated rings. The van der Waals surface area contributed by atoms with E-state index < -0.39 is 30.4 Å². The van der Waals surface area contributed by atoms with Crippen LogP contribution in [0.15, 0.2) is 0 Å². The van der Waals surface area contributed by atoms with Crippen molar-refractivity contribution in [3.8, 4) is 0 Å². The van der Waals surface area contributed by atoms with Gasteiger partial charge in [-0.05, 0) is 0 Å². The molecule has 1 atom stereocenters. The third kappa shape index (κ3) is 2.27. The summed E-state index contributed by atoms with van der Waals surface area (Å²) >= 11 is 0. The Kier molecular flexibility index (Phi) is 3.15. The van der Waals surface area contributed by atoms with Gasteiger partial charge in [0.2, 0.25) is 5.91 Å². The smallest absolute Gasteiger partial charge is 0.255 e. The van der Waals surface area contributed by atoms with Gasteiger partial charge in [0.15, 0.2) is 6.10 Å². The van der Waals surface area contributed by atoms with E-state index in [-0.39, 0.29) is 13.2 Å². The van der Waals surface area contributed by atoms with Crippen LogP contribution in [0, 0.1) is 0 Å². The Bertz CT molecular complexity index is 261. The molecule has 78 valence electrons. The number of morpholine rings is 1. The van der Waals surface area contributed by atoms with Gasteiger partial charge >= 0.3 is 0 Å². The van der Waals surface area contributed by atoms with Crippen LogP contribution < -0.4 is 5.73 Å². The van der Waals surface area contributed by atoms with E-state index >= 15 is 0 Å². The summed E-state index contributed by atoms with van der Waals surface area (Å²) < 4.78 is 4.63. The molecule has 0 bridgehead atoms. The van der Waals surface area contributed by atoms with E-state index in [1.807, 2.05) is 0 Å². The lowest BCUT2D eigenvalue weighted by atomic mass is 10.3. The highest BCUT2D eigenvalue weighted by Crippen LogP contribution is 2.01. The molecule has 0 aromatic rings. The fraction of sp³-hybridized carbons (Fsp3) is 0.571. The highest BCUT2D eigenvalue weighted by atomic mass is 16.5. The maximum Gasteiger partial charge on any atom is 0.255 e. The molecule has 0 aromatic carbocycles. The number of hydrogen-bond acceptors (Lipinski definition) is 5. The lowest BCUT2D eigenvalue weighted by Crippen LogP contribution is -2.51. The number of β-amino-alcohol motifs (C(OH)–C–C–N with tert-alkyl or cyclic N) is 1. The van der Waals surface area contributed by atoms with Crippen LogP contribution in [0.1, 0.15) is 0 Å². The van der Waals surface area contributed by atoms with E-state index in [1.54, 1.807) is 0 Å². The summed E-state index contributed by atoms with van der Waals surface area (Å²) in [5.41, 5.74) is 4.77. The van der Waals surface area contributed by atoms with Crippen LogP contribution in [0.4, 0.5) is 0 Å². The summed E-state index contributed by atoms with van der Waals surface area (Å²) in [6.07, 6.45) is -1.53. The van der Waals surface area contributed by atoms with Crippen molar-refractivity contribution in [3.05, 3.63) is 0 Å². The number of primary amides is 1. The maximum absolute atomic E-state index is 11.1. The van der Waals surface area contributed by atoms with Crippen molar-refractivity contribution in [2.75, 3.05) is 19.8 Å². The van der Waals surface area contributed by atoms with Gasteiger partial charge in [0.1, 0.15) is 13.2 Å². The predicted octanol–water partition coefficient (Wildman–Crippen LogP) is -2.78. The molecular formula is C7H10N2O5. The number of carbonyl (C=O) groups is 3. The van der Waals surface area contributed by atoms with Gasteiger partial charge in [-0.1, -0.05) is 0 Å². The number of amides is 3. The number of nitrogens with zero attached hydrogens (tertiary/aromatic N) is 1. The van der Waals surface area contributed by atoms with Crippen LogP contribution >= 0.6 is 0 Å². The molecule has 1 saturated heterocycles. The number of hydrogen-bond donors (Lipinski definition) is 2. The molecule has 3 N–H and O–H groups in total. The lowest BCUT2D eigenvalue weighted by molar-refractivity contribution is -0.160.